The van der Waals surface area contributed by atoms with Crippen molar-refractivity contribution in [3.63, 3.8) is 0 Å². The Morgan fingerprint density at radius 3 is 1.45 bits per heavy atom. The second-order valence-corrected chi connectivity index (χ2v) is 13.4. The summed E-state index contributed by atoms with van der Waals surface area (Å²) in [4.78, 5) is 4.40. The van der Waals surface area contributed by atoms with Gasteiger partial charge in [-0.15, -0.1) is 0 Å². The molecule has 1 heterocycles. The Morgan fingerprint density at radius 1 is 0.595 bits per heavy atom. The van der Waals surface area contributed by atoms with Crippen LogP contribution >= 0.6 is 0 Å². The second kappa shape index (κ2) is 14.0. The van der Waals surface area contributed by atoms with Crippen LogP contribution in [-0.4, -0.2) is 26.9 Å². The lowest BCUT2D eigenvalue weighted by atomic mass is 9.76. The van der Waals surface area contributed by atoms with Gasteiger partial charge in [0.05, 0.1) is 21.0 Å². The zero-order valence-corrected chi connectivity index (χ0v) is 26.3. The van der Waals surface area contributed by atoms with E-state index < -0.39 is 9.52 Å². The molecule has 4 heteroatoms. The SMILES string of the molecule is BC(c1ccccc1)c1ccccc1.CC(C)c1ccc([SiH2]C(c2ccccc2)(c2ccccc2)n2ccnc2)cc1. The average molecular weight is 563 g/mol. The van der Waals surface area contributed by atoms with Crippen molar-refractivity contribution in [2.45, 2.75) is 30.7 Å². The van der Waals surface area contributed by atoms with E-state index in [1.54, 1.807) is 0 Å². The van der Waals surface area contributed by atoms with E-state index in [1.165, 1.54) is 33.0 Å². The van der Waals surface area contributed by atoms with Gasteiger partial charge in [-0.25, -0.2) is 4.98 Å². The third kappa shape index (κ3) is 6.72. The van der Waals surface area contributed by atoms with Gasteiger partial charge in [0.1, 0.15) is 7.85 Å². The molecule has 0 atom stereocenters. The summed E-state index contributed by atoms with van der Waals surface area (Å²) in [5.74, 6) is 1.04. The molecule has 0 radical (unpaired) electrons. The van der Waals surface area contributed by atoms with Crippen molar-refractivity contribution in [3.8, 4) is 0 Å². The maximum atomic E-state index is 4.40. The molecule has 208 valence electrons. The lowest BCUT2D eigenvalue weighted by Gasteiger charge is -2.37. The Morgan fingerprint density at radius 2 is 1.05 bits per heavy atom. The Labute approximate surface area is 254 Å². The summed E-state index contributed by atoms with van der Waals surface area (Å²) in [5.41, 5.74) is 6.78. The third-order valence-corrected chi connectivity index (χ3v) is 10.7. The monoisotopic (exact) mass is 562 g/mol. The summed E-state index contributed by atoms with van der Waals surface area (Å²) in [7, 11) is 1.45. The van der Waals surface area contributed by atoms with Crippen LogP contribution in [0.1, 0.15) is 53.4 Å². The zero-order valence-electron chi connectivity index (χ0n) is 24.8. The van der Waals surface area contributed by atoms with Crippen LogP contribution in [0.5, 0.6) is 0 Å². The highest BCUT2D eigenvalue weighted by Crippen LogP contribution is 2.33. The number of rotatable bonds is 8. The first-order chi connectivity index (χ1) is 20.6. The summed E-state index contributed by atoms with van der Waals surface area (Å²) >= 11 is 0. The van der Waals surface area contributed by atoms with Gasteiger partial charge in [-0.1, -0.05) is 165 Å². The predicted molar refractivity (Wildman–Crippen MR) is 183 cm³/mol. The van der Waals surface area contributed by atoms with E-state index in [2.05, 4.69) is 183 Å². The molecule has 1 aromatic heterocycles. The number of imidazole rings is 1. The van der Waals surface area contributed by atoms with Crippen LogP contribution in [0.2, 0.25) is 0 Å². The van der Waals surface area contributed by atoms with Gasteiger partial charge in [-0.3, -0.25) is 0 Å². The van der Waals surface area contributed by atoms with E-state index in [9.17, 15) is 0 Å². The molecular weight excluding hydrogens is 523 g/mol. The molecule has 0 saturated carbocycles. The van der Waals surface area contributed by atoms with Crippen molar-refractivity contribution in [2.24, 2.45) is 0 Å². The van der Waals surface area contributed by atoms with Crippen molar-refractivity contribution >= 4 is 22.6 Å². The Kier molecular flexibility index (Phi) is 9.68. The first-order valence-corrected chi connectivity index (χ1v) is 16.3. The lowest BCUT2D eigenvalue weighted by molar-refractivity contribution is 0.596. The van der Waals surface area contributed by atoms with Gasteiger partial charge < -0.3 is 4.57 Å². The molecule has 2 nitrogen and oxygen atoms in total. The van der Waals surface area contributed by atoms with Crippen molar-refractivity contribution in [1.29, 1.82) is 0 Å². The zero-order chi connectivity index (χ0) is 29.2. The number of aromatic nitrogens is 2. The lowest BCUT2D eigenvalue weighted by Crippen LogP contribution is -2.46. The molecule has 0 aliphatic carbocycles. The molecule has 5 aromatic carbocycles. The summed E-state index contributed by atoms with van der Waals surface area (Å²) in [6.45, 7) is 4.49. The minimum Gasteiger partial charge on any atom is -0.326 e. The Balaban J connectivity index is 0.000000211. The minimum atomic E-state index is -0.787. The van der Waals surface area contributed by atoms with Crippen LogP contribution in [0.4, 0.5) is 0 Å². The van der Waals surface area contributed by atoms with Gasteiger partial charge in [0.2, 0.25) is 0 Å². The molecule has 0 fully saturated rings. The molecule has 42 heavy (non-hydrogen) atoms. The van der Waals surface area contributed by atoms with E-state index in [4.69, 9.17) is 0 Å². The smallest absolute Gasteiger partial charge is 0.116 e. The molecule has 0 bridgehead atoms. The van der Waals surface area contributed by atoms with Gasteiger partial charge in [0, 0.05) is 12.4 Å². The number of benzene rings is 5. The minimum absolute atomic E-state index is 0.210. The summed E-state index contributed by atoms with van der Waals surface area (Å²) < 4.78 is 2.31. The second-order valence-electron chi connectivity index (χ2n) is 11.2. The van der Waals surface area contributed by atoms with Crippen molar-refractivity contribution in [1.82, 2.24) is 9.55 Å². The van der Waals surface area contributed by atoms with E-state index in [-0.39, 0.29) is 5.16 Å². The van der Waals surface area contributed by atoms with Crippen LogP contribution in [0.25, 0.3) is 0 Å². The predicted octanol–water partition coefficient (Wildman–Crippen LogP) is 6.66. The molecule has 0 unspecified atom stereocenters. The van der Waals surface area contributed by atoms with Gasteiger partial charge in [0.15, 0.2) is 0 Å². The third-order valence-electron chi connectivity index (χ3n) is 8.15. The van der Waals surface area contributed by atoms with Crippen LogP contribution in [-0.2, 0) is 5.16 Å². The van der Waals surface area contributed by atoms with Gasteiger partial charge in [-0.05, 0) is 39.6 Å². The quantitative estimate of drug-likeness (QED) is 0.190. The Hall–Kier alpha value is -4.41. The van der Waals surface area contributed by atoms with E-state index >= 15 is 0 Å². The molecule has 0 aliphatic rings. The van der Waals surface area contributed by atoms with Crippen LogP contribution in [0.3, 0.4) is 0 Å². The number of hydrogen-bond acceptors (Lipinski definition) is 1. The fraction of sp³-hybridized carbons (Fsp3) is 0.132. The fourth-order valence-electron chi connectivity index (χ4n) is 5.66. The number of nitrogens with zero attached hydrogens (tertiary/aromatic N) is 2. The van der Waals surface area contributed by atoms with Crippen molar-refractivity contribution in [3.05, 3.63) is 192 Å². The first-order valence-electron chi connectivity index (χ1n) is 14.9. The summed E-state index contributed by atoms with van der Waals surface area (Å²) in [5, 5.41) is 1.24. The maximum absolute atomic E-state index is 4.40. The normalized spacial score (nSPS) is 11.5. The Bertz CT molecular complexity index is 1520. The molecule has 0 amide bonds. The van der Waals surface area contributed by atoms with E-state index in [0.717, 1.165) is 0 Å². The van der Waals surface area contributed by atoms with Gasteiger partial charge in [0.25, 0.3) is 0 Å². The topological polar surface area (TPSA) is 17.8 Å². The molecule has 0 spiro atoms. The number of hydrogen-bond donors (Lipinski definition) is 0. The molecule has 6 rings (SSSR count). The van der Waals surface area contributed by atoms with Gasteiger partial charge >= 0.3 is 0 Å². The summed E-state index contributed by atoms with van der Waals surface area (Å²) in [6.07, 6.45) is 5.96. The van der Waals surface area contributed by atoms with Crippen LogP contribution in [0, 0.1) is 0 Å². The van der Waals surface area contributed by atoms with E-state index in [1.807, 2.05) is 12.5 Å². The molecule has 0 N–H and O–H groups in total. The standard InChI is InChI=1S/C25H26N2Si.C13H13B/c1-20(2)21-13-15-24(16-14-21)28-25(27-18-17-26-19-27,22-9-5-3-6-10-22)23-11-7-4-8-12-23;14-13(11-7-3-1-4-8-11)12-9-5-2-6-10-12/h3-20H,28H2,1-2H3;1-10,13H,14H2. The molecule has 6 aromatic rings. The van der Waals surface area contributed by atoms with E-state index in [0.29, 0.717) is 11.7 Å². The molecule has 0 aliphatic heterocycles. The average Bonchev–Trinajstić information content (AvgIpc) is 3.61. The highest BCUT2D eigenvalue weighted by Gasteiger charge is 2.36. The first kappa shape index (κ1) is 29.1. The van der Waals surface area contributed by atoms with Gasteiger partial charge in [-0.2, -0.15) is 0 Å². The van der Waals surface area contributed by atoms with Crippen molar-refractivity contribution in [2.75, 3.05) is 0 Å². The molecule has 0 saturated heterocycles. The van der Waals surface area contributed by atoms with Crippen LogP contribution in [0.15, 0.2) is 164 Å². The maximum Gasteiger partial charge on any atom is 0.116 e. The highest BCUT2D eigenvalue weighted by molar-refractivity contribution is 6.57. The largest absolute Gasteiger partial charge is 0.326 e. The van der Waals surface area contributed by atoms with Crippen molar-refractivity contribution < 1.29 is 0 Å². The fourth-order valence-corrected chi connectivity index (χ4v) is 7.98. The molecular formula is C38H39BN2Si. The highest BCUT2D eigenvalue weighted by atomic mass is 28.2. The summed E-state index contributed by atoms with van der Waals surface area (Å²) in [6, 6.07) is 52.2. The van der Waals surface area contributed by atoms with Crippen LogP contribution < -0.4 is 5.19 Å².